The van der Waals surface area contributed by atoms with Crippen LogP contribution in [0, 0.1) is 0 Å². The van der Waals surface area contributed by atoms with Gasteiger partial charge in [-0.1, -0.05) is 0 Å². The van der Waals surface area contributed by atoms with E-state index in [9.17, 15) is 14.4 Å². The normalized spacial score (nSPS) is 18.4. The summed E-state index contributed by atoms with van der Waals surface area (Å²) < 4.78 is 0. The maximum Gasteiger partial charge on any atom is 0.335 e. The van der Waals surface area contributed by atoms with Gasteiger partial charge in [0, 0.05) is 0 Å². The highest BCUT2D eigenvalue weighted by Gasteiger charge is 2.33. The average molecular weight is 346 g/mol. The molecule has 0 radical (unpaired) electrons. The van der Waals surface area contributed by atoms with Crippen LogP contribution in [0.4, 0.5) is 0 Å². The first-order valence-electron chi connectivity index (χ1n) is 5.76. The minimum Gasteiger partial charge on any atom is -0.479 e. The van der Waals surface area contributed by atoms with Gasteiger partial charge in [-0.15, -0.1) is 0 Å². The van der Waals surface area contributed by atoms with Crippen molar-refractivity contribution in [1.29, 1.82) is 0 Å². The molecule has 0 heterocycles. The molecule has 0 fully saturated rings. The largest absolute Gasteiger partial charge is 0.479 e. The van der Waals surface area contributed by atoms with Gasteiger partial charge in [0.05, 0.1) is 6.61 Å². The lowest BCUT2D eigenvalue weighted by Crippen LogP contribution is -2.48. The SMILES string of the molecule is O=C(O)C(O)C(O)C(=O)O.O=C(O)C(O)C(O)C(O)C(O)CO. The standard InChI is InChI=1S/C6H12O7.C4H6O6/c7-1-2(8)3(9)4(10)5(11)6(12)13;5-1(3(7)8)2(6)4(9)10/h2-5,7-11H,1H2,(H,12,13);1-2,5-6H,(H,7,8)(H,9,10). The van der Waals surface area contributed by atoms with E-state index in [1.54, 1.807) is 0 Å². The summed E-state index contributed by atoms with van der Waals surface area (Å²) in [7, 11) is 0. The van der Waals surface area contributed by atoms with Crippen LogP contribution in [0.25, 0.3) is 0 Å². The fourth-order valence-electron chi connectivity index (χ4n) is 0.939. The number of carboxylic acids is 3. The zero-order valence-corrected chi connectivity index (χ0v) is 11.4. The van der Waals surface area contributed by atoms with Crippen molar-refractivity contribution in [3.8, 4) is 0 Å². The molecule has 13 nitrogen and oxygen atoms in total. The van der Waals surface area contributed by atoms with Crippen LogP contribution < -0.4 is 0 Å². The monoisotopic (exact) mass is 346 g/mol. The molecule has 136 valence electrons. The number of aliphatic hydroxyl groups excluding tert-OH is 7. The summed E-state index contributed by atoms with van der Waals surface area (Å²) in [5.74, 6) is -5.26. The van der Waals surface area contributed by atoms with Gasteiger partial charge in [-0.3, -0.25) is 0 Å². The Hall–Kier alpha value is -1.87. The van der Waals surface area contributed by atoms with Crippen LogP contribution in [0.2, 0.25) is 0 Å². The van der Waals surface area contributed by atoms with Crippen molar-refractivity contribution in [3.63, 3.8) is 0 Å². The molecule has 0 bridgehead atoms. The Bertz CT molecular complexity index is 378. The second-order valence-corrected chi connectivity index (χ2v) is 4.08. The lowest BCUT2D eigenvalue weighted by Gasteiger charge is -2.23. The zero-order chi connectivity index (χ0) is 18.9. The maximum atomic E-state index is 10.1. The first-order chi connectivity index (χ1) is 10.4. The Labute approximate surface area is 127 Å². The van der Waals surface area contributed by atoms with Gasteiger partial charge in [0.1, 0.15) is 18.3 Å². The molecule has 0 saturated heterocycles. The molecule has 13 heteroatoms. The molecule has 23 heavy (non-hydrogen) atoms. The lowest BCUT2D eigenvalue weighted by molar-refractivity contribution is -0.165. The highest BCUT2D eigenvalue weighted by atomic mass is 16.4. The maximum absolute atomic E-state index is 10.1. The van der Waals surface area contributed by atoms with Gasteiger partial charge >= 0.3 is 17.9 Å². The van der Waals surface area contributed by atoms with Crippen molar-refractivity contribution in [2.45, 2.75) is 36.6 Å². The van der Waals surface area contributed by atoms with Crippen LogP contribution >= 0.6 is 0 Å². The van der Waals surface area contributed by atoms with Gasteiger partial charge in [0.25, 0.3) is 0 Å². The molecule has 6 unspecified atom stereocenters. The molecule has 0 aliphatic carbocycles. The number of rotatable bonds is 8. The molecule has 10 N–H and O–H groups in total. The van der Waals surface area contributed by atoms with Crippen LogP contribution in [0.1, 0.15) is 0 Å². The number of aliphatic carboxylic acids is 3. The number of carbonyl (C=O) groups is 3. The molecule has 0 aromatic rings. The van der Waals surface area contributed by atoms with E-state index in [1.165, 1.54) is 0 Å². The highest BCUT2D eigenvalue weighted by Crippen LogP contribution is 2.04. The minimum atomic E-state index is -2.27. The fourth-order valence-corrected chi connectivity index (χ4v) is 0.939. The second kappa shape index (κ2) is 10.8. The van der Waals surface area contributed by atoms with E-state index in [1.807, 2.05) is 0 Å². The third-order valence-corrected chi connectivity index (χ3v) is 2.31. The summed E-state index contributed by atoms with van der Waals surface area (Å²) in [5, 5.41) is 84.3. The number of carboxylic acid groups (broad SMARTS) is 3. The number of hydrogen-bond donors (Lipinski definition) is 10. The highest BCUT2D eigenvalue weighted by molar-refractivity contribution is 5.83. The van der Waals surface area contributed by atoms with Crippen molar-refractivity contribution in [3.05, 3.63) is 0 Å². The number of hydrogen-bond acceptors (Lipinski definition) is 10. The topological polar surface area (TPSA) is 254 Å². The third kappa shape index (κ3) is 8.36. The molecule has 0 saturated carbocycles. The van der Waals surface area contributed by atoms with E-state index >= 15 is 0 Å². The van der Waals surface area contributed by atoms with Gasteiger partial charge in [0.15, 0.2) is 18.3 Å². The fraction of sp³-hybridized carbons (Fsp3) is 0.700. The van der Waals surface area contributed by atoms with Crippen LogP contribution in [-0.2, 0) is 14.4 Å². The van der Waals surface area contributed by atoms with E-state index in [0.717, 1.165) is 0 Å². The summed E-state index contributed by atoms with van der Waals surface area (Å²) in [6.45, 7) is -0.843. The molecular weight excluding hydrogens is 328 g/mol. The molecule has 0 aliphatic heterocycles. The van der Waals surface area contributed by atoms with E-state index in [0.29, 0.717) is 0 Å². The van der Waals surface area contributed by atoms with Gasteiger partial charge < -0.3 is 51.1 Å². The molecule has 0 amide bonds. The van der Waals surface area contributed by atoms with Crippen LogP contribution in [0.15, 0.2) is 0 Å². The Kier molecular flexibility index (Phi) is 11.0. The van der Waals surface area contributed by atoms with Crippen LogP contribution in [0.3, 0.4) is 0 Å². The molecule has 0 rings (SSSR count). The Morgan fingerprint density at radius 2 is 0.913 bits per heavy atom. The smallest absolute Gasteiger partial charge is 0.335 e. The molecule has 6 atom stereocenters. The summed E-state index contributed by atoms with van der Waals surface area (Å²) in [4.78, 5) is 29.6. The molecule has 0 spiro atoms. The van der Waals surface area contributed by atoms with Crippen molar-refractivity contribution < 1.29 is 65.4 Å². The van der Waals surface area contributed by atoms with Gasteiger partial charge in [-0.2, -0.15) is 0 Å². The van der Waals surface area contributed by atoms with Crippen molar-refractivity contribution in [2.24, 2.45) is 0 Å². The van der Waals surface area contributed by atoms with Gasteiger partial charge in [0.2, 0.25) is 0 Å². The molecule has 0 aromatic carbocycles. The van der Waals surface area contributed by atoms with Crippen LogP contribution in [-0.4, -0.2) is 112 Å². The van der Waals surface area contributed by atoms with Gasteiger partial charge in [-0.05, 0) is 0 Å². The summed E-state index contributed by atoms with van der Waals surface area (Å²) in [6, 6.07) is 0. The van der Waals surface area contributed by atoms with Crippen molar-refractivity contribution >= 4 is 17.9 Å². The Morgan fingerprint density at radius 1 is 0.609 bits per heavy atom. The second-order valence-electron chi connectivity index (χ2n) is 4.08. The Morgan fingerprint density at radius 3 is 1.13 bits per heavy atom. The van der Waals surface area contributed by atoms with Crippen molar-refractivity contribution in [2.75, 3.05) is 6.61 Å². The summed E-state index contributed by atoms with van der Waals surface area (Å²) >= 11 is 0. The number of aliphatic hydroxyl groups is 7. The quantitative estimate of drug-likeness (QED) is 0.197. The minimum absolute atomic E-state index is 0.843. The third-order valence-electron chi connectivity index (χ3n) is 2.31. The van der Waals surface area contributed by atoms with E-state index in [4.69, 9.17) is 51.1 Å². The zero-order valence-electron chi connectivity index (χ0n) is 11.4. The average Bonchev–Trinajstić information content (AvgIpc) is 2.50. The Balaban J connectivity index is 0. The summed E-state index contributed by atoms with van der Waals surface area (Å²) in [6.07, 6.45) is -12.4. The molecular formula is C10H18O13. The van der Waals surface area contributed by atoms with Crippen molar-refractivity contribution in [1.82, 2.24) is 0 Å². The summed E-state index contributed by atoms with van der Waals surface area (Å²) in [5.41, 5.74) is 0. The van der Waals surface area contributed by atoms with Crippen LogP contribution in [0.5, 0.6) is 0 Å². The lowest BCUT2D eigenvalue weighted by atomic mass is 10.0. The van der Waals surface area contributed by atoms with E-state index < -0.39 is 61.1 Å². The van der Waals surface area contributed by atoms with E-state index in [-0.39, 0.29) is 0 Å². The first kappa shape index (κ1) is 23.4. The van der Waals surface area contributed by atoms with Gasteiger partial charge in [-0.25, -0.2) is 14.4 Å². The first-order valence-corrected chi connectivity index (χ1v) is 5.76. The molecule has 0 aromatic heterocycles. The predicted molar refractivity (Wildman–Crippen MR) is 66.0 cm³/mol. The molecule has 0 aliphatic rings. The van der Waals surface area contributed by atoms with E-state index in [2.05, 4.69) is 0 Å². The predicted octanol–water partition coefficient (Wildman–Crippen LogP) is -5.62.